The molecule has 11 nitrogen and oxygen atoms in total. The fourth-order valence-electron chi connectivity index (χ4n) is 3.86. The van der Waals surface area contributed by atoms with E-state index in [0.717, 1.165) is 4.47 Å². The number of carbonyl (C=O) groups excluding carboxylic acids is 4. The van der Waals surface area contributed by atoms with Crippen molar-refractivity contribution in [2.45, 2.75) is 46.5 Å². The van der Waals surface area contributed by atoms with Gasteiger partial charge in [-0.1, -0.05) is 67.0 Å². The molecule has 1 aliphatic rings. The molecule has 0 spiro atoms. The van der Waals surface area contributed by atoms with Gasteiger partial charge in [0.15, 0.2) is 0 Å². The molecule has 248 valence electrons. The van der Waals surface area contributed by atoms with E-state index in [0.29, 0.717) is 46.5 Å². The van der Waals surface area contributed by atoms with E-state index in [-0.39, 0.29) is 42.8 Å². The van der Waals surface area contributed by atoms with Gasteiger partial charge in [0.25, 0.3) is 17.7 Å². The van der Waals surface area contributed by atoms with Crippen molar-refractivity contribution in [3.8, 4) is 5.75 Å². The Hall–Kier alpha value is -4.81. The van der Waals surface area contributed by atoms with Gasteiger partial charge in [0.1, 0.15) is 5.75 Å². The number of nitrogens with two attached hydrogens (primary N) is 1. The smallest absolute Gasteiger partial charge is 0.333 e. The minimum Gasteiger partial charge on any atom is -0.493 e. The van der Waals surface area contributed by atoms with Gasteiger partial charge in [-0.15, -0.1) is 5.06 Å². The lowest BCUT2D eigenvalue weighted by Crippen LogP contribution is -2.31. The third-order valence-electron chi connectivity index (χ3n) is 6.61. The number of aliphatic imine (C=N–C) groups is 1. The molecule has 0 saturated carbocycles. The predicted octanol–water partition coefficient (Wildman–Crippen LogP) is 5.95. The third kappa shape index (κ3) is 11.8. The van der Waals surface area contributed by atoms with Crippen LogP contribution in [0, 0.1) is 5.41 Å². The molecule has 0 bridgehead atoms. The van der Waals surface area contributed by atoms with E-state index in [9.17, 15) is 24.3 Å². The van der Waals surface area contributed by atoms with Gasteiger partial charge < -0.3 is 25.7 Å². The lowest BCUT2D eigenvalue weighted by atomic mass is 9.96. The third-order valence-corrected chi connectivity index (χ3v) is 7.14. The van der Waals surface area contributed by atoms with Crippen LogP contribution in [0.3, 0.4) is 0 Å². The molecule has 3 aromatic carbocycles. The zero-order chi connectivity index (χ0) is 34.4. The monoisotopic (exact) mass is 706 g/mol. The summed E-state index contributed by atoms with van der Waals surface area (Å²) in [6.45, 7) is 6.06. The maximum atomic E-state index is 13.2. The molecule has 0 aromatic heterocycles. The van der Waals surface area contributed by atoms with Gasteiger partial charge in [0.05, 0.1) is 30.2 Å². The predicted molar refractivity (Wildman–Crippen MR) is 183 cm³/mol. The first-order valence-electron chi connectivity index (χ1n) is 15.0. The van der Waals surface area contributed by atoms with Crippen molar-refractivity contribution in [2.75, 3.05) is 18.5 Å². The summed E-state index contributed by atoms with van der Waals surface area (Å²) in [5.74, 6) is -1.14. The number of rotatable bonds is 12. The van der Waals surface area contributed by atoms with Gasteiger partial charge in [0, 0.05) is 41.1 Å². The average Bonchev–Trinajstić information content (AvgIpc) is 3.38. The minimum absolute atomic E-state index is 0.0283. The zero-order valence-corrected chi connectivity index (χ0v) is 28.2. The Balaban J connectivity index is 0.000000386. The van der Waals surface area contributed by atoms with Crippen LogP contribution in [0.5, 0.6) is 5.75 Å². The number of hydroxylamine groups is 2. The second kappa shape index (κ2) is 17.8. The van der Waals surface area contributed by atoms with Crippen molar-refractivity contribution in [1.82, 2.24) is 5.06 Å². The summed E-state index contributed by atoms with van der Waals surface area (Å²) in [5, 5.41) is 12.8. The fourth-order valence-corrected chi connectivity index (χ4v) is 4.12. The van der Waals surface area contributed by atoms with Crippen molar-refractivity contribution in [3.63, 3.8) is 0 Å². The highest BCUT2D eigenvalue weighted by Gasteiger charge is 2.32. The largest absolute Gasteiger partial charge is 0.493 e. The van der Waals surface area contributed by atoms with E-state index >= 15 is 0 Å². The second-order valence-corrected chi connectivity index (χ2v) is 12.2. The lowest BCUT2D eigenvalue weighted by molar-refractivity contribution is -0.197. The second-order valence-electron chi connectivity index (χ2n) is 11.3. The number of nitrogens with one attached hydrogen (secondary N) is 1. The van der Waals surface area contributed by atoms with Crippen LogP contribution < -0.4 is 15.8 Å². The van der Waals surface area contributed by atoms with Gasteiger partial charge in [-0.05, 0) is 60.5 Å². The molecule has 1 fully saturated rings. The van der Waals surface area contributed by atoms with Crippen LogP contribution in [0.2, 0.25) is 0 Å². The number of aliphatic hydroxyl groups excluding tert-OH is 1. The maximum absolute atomic E-state index is 13.2. The Morgan fingerprint density at radius 1 is 1.00 bits per heavy atom. The molecule has 47 heavy (non-hydrogen) atoms. The van der Waals surface area contributed by atoms with Crippen LogP contribution in [-0.4, -0.2) is 53.3 Å². The minimum atomic E-state index is -0.536. The summed E-state index contributed by atoms with van der Waals surface area (Å²) in [4.78, 5) is 55.0. The first-order valence-corrected chi connectivity index (χ1v) is 15.8. The van der Waals surface area contributed by atoms with Gasteiger partial charge in [-0.2, -0.15) is 0 Å². The first kappa shape index (κ1) is 36.7. The van der Waals surface area contributed by atoms with E-state index < -0.39 is 17.8 Å². The summed E-state index contributed by atoms with van der Waals surface area (Å²) in [6.07, 6.45) is 2.61. The normalized spacial score (nSPS) is 13.5. The fraction of sp³-hybridized carbons (Fsp3) is 0.286. The summed E-state index contributed by atoms with van der Waals surface area (Å²) >= 11 is 3.41. The molecule has 4 rings (SSSR count). The zero-order valence-electron chi connectivity index (χ0n) is 26.6. The van der Waals surface area contributed by atoms with E-state index in [4.69, 9.17) is 10.5 Å². The summed E-state index contributed by atoms with van der Waals surface area (Å²) < 4.78 is 6.65. The Morgan fingerprint density at radius 2 is 1.62 bits per heavy atom. The van der Waals surface area contributed by atoms with E-state index in [2.05, 4.69) is 31.1 Å². The van der Waals surface area contributed by atoms with E-state index in [1.165, 1.54) is 6.21 Å². The SMILES string of the molecule is CC(C)(CO)COc1ccc(NC(=O)/C(C=Nc2ccccc2)=C(/N)c2ccc(Br)cc2)cc1.CCCC(=O)ON1C(=O)CCC1=O. The van der Waals surface area contributed by atoms with Crippen molar-refractivity contribution in [3.05, 3.63) is 94.5 Å². The number of aliphatic hydroxyl groups is 1. The summed E-state index contributed by atoms with van der Waals surface area (Å²) in [5.41, 5.74) is 8.64. The molecule has 1 saturated heterocycles. The molecule has 0 radical (unpaired) electrons. The standard InChI is InChI=1S/C27H28BrN3O3.C8H11NO4/c1-27(2,17-32)18-34-23-14-12-22(13-15-23)31-26(33)24(16-30-21-6-4-3-5-7-21)25(29)19-8-10-20(28)11-9-19;1-2-3-8(12)13-9-6(10)4-5-7(9)11/h3-16,32H,17-18,29H2,1-2H3,(H,31,33);2-5H2,1H3/b25-24+,30-16?;. The number of anilines is 1. The van der Waals surface area contributed by atoms with Crippen molar-refractivity contribution in [1.29, 1.82) is 0 Å². The summed E-state index contributed by atoms with van der Waals surface area (Å²) in [7, 11) is 0. The van der Waals surface area contributed by atoms with Gasteiger partial charge >= 0.3 is 5.97 Å². The van der Waals surface area contributed by atoms with Crippen LogP contribution in [0.15, 0.2) is 93.9 Å². The number of amides is 3. The van der Waals surface area contributed by atoms with Crippen molar-refractivity contribution in [2.24, 2.45) is 16.1 Å². The Kier molecular flexibility index (Phi) is 13.9. The van der Waals surface area contributed by atoms with Gasteiger partial charge in [-0.3, -0.25) is 19.4 Å². The molecule has 1 heterocycles. The van der Waals surface area contributed by atoms with Crippen LogP contribution in [0.25, 0.3) is 5.70 Å². The number of para-hydroxylation sites is 1. The quantitative estimate of drug-likeness (QED) is 0.118. The number of nitrogens with zero attached hydrogens (tertiary/aromatic N) is 2. The Labute approximate surface area is 282 Å². The Morgan fingerprint density at radius 3 is 2.19 bits per heavy atom. The number of imide groups is 1. The van der Waals surface area contributed by atoms with Crippen molar-refractivity contribution >= 4 is 62.9 Å². The van der Waals surface area contributed by atoms with Crippen LogP contribution >= 0.6 is 15.9 Å². The van der Waals surface area contributed by atoms with Gasteiger partial charge in [-0.25, -0.2) is 4.79 Å². The van der Waals surface area contributed by atoms with E-state index in [1.807, 2.05) is 75.4 Å². The number of benzene rings is 3. The molecule has 0 aliphatic carbocycles. The van der Waals surface area contributed by atoms with E-state index in [1.54, 1.807) is 24.3 Å². The number of carbonyl (C=O) groups is 4. The number of ether oxygens (including phenoxy) is 1. The van der Waals surface area contributed by atoms with Gasteiger partial charge in [0.2, 0.25) is 0 Å². The highest BCUT2D eigenvalue weighted by molar-refractivity contribution is 9.10. The molecule has 0 unspecified atom stereocenters. The first-order chi connectivity index (χ1) is 22.4. The molecule has 3 amide bonds. The van der Waals surface area contributed by atoms with Crippen LogP contribution in [0.1, 0.15) is 52.0 Å². The highest BCUT2D eigenvalue weighted by atomic mass is 79.9. The highest BCUT2D eigenvalue weighted by Crippen LogP contribution is 2.22. The van der Waals surface area contributed by atoms with Crippen molar-refractivity contribution < 1.29 is 33.9 Å². The molecule has 3 aromatic rings. The molecular weight excluding hydrogens is 668 g/mol. The lowest BCUT2D eigenvalue weighted by Gasteiger charge is -2.21. The Bertz CT molecular complexity index is 1570. The van der Waals surface area contributed by atoms with Crippen LogP contribution in [0.4, 0.5) is 11.4 Å². The molecule has 4 N–H and O–H groups in total. The molecular formula is C35H39BrN4O7. The maximum Gasteiger partial charge on any atom is 0.333 e. The molecule has 12 heteroatoms. The topological polar surface area (TPSA) is 161 Å². The number of hydrogen-bond acceptors (Lipinski definition) is 9. The average molecular weight is 708 g/mol. The number of hydrogen-bond donors (Lipinski definition) is 3. The summed E-state index contributed by atoms with van der Waals surface area (Å²) in [6, 6.07) is 23.8. The molecule has 0 atom stereocenters. The molecule has 1 aliphatic heterocycles. The number of halogens is 1. The van der Waals surface area contributed by atoms with Crippen LogP contribution in [-0.2, 0) is 24.0 Å².